The molecule has 0 amide bonds. The highest BCUT2D eigenvalue weighted by atomic mass is 19.4. The fourth-order valence-corrected chi connectivity index (χ4v) is 1.93. The van der Waals surface area contributed by atoms with E-state index in [0.29, 0.717) is 11.3 Å². The van der Waals surface area contributed by atoms with Gasteiger partial charge in [0.25, 0.3) is 0 Å². The van der Waals surface area contributed by atoms with Crippen LogP contribution in [0.25, 0.3) is 11.0 Å². The zero-order valence-electron chi connectivity index (χ0n) is 10.2. The first-order valence-corrected chi connectivity index (χ1v) is 5.47. The standard InChI is InChI=1S/C12H13F3N2O/c1-7(2)17-10-5-4-8(18-3)6-9(10)16-11(17)12(13,14)15/h4-7H,1-3H3. The molecule has 18 heavy (non-hydrogen) atoms. The predicted octanol–water partition coefficient (Wildman–Crippen LogP) is 3.64. The normalized spacial score (nSPS) is 12.4. The van der Waals surface area contributed by atoms with Gasteiger partial charge in [0.2, 0.25) is 5.82 Å². The van der Waals surface area contributed by atoms with Gasteiger partial charge in [0.15, 0.2) is 0 Å². The van der Waals surface area contributed by atoms with Crippen LogP contribution in [0.2, 0.25) is 0 Å². The Hall–Kier alpha value is -1.72. The van der Waals surface area contributed by atoms with Crippen molar-refractivity contribution in [2.24, 2.45) is 0 Å². The minimum absolute atomic E-state index is 0.287. The number of hydrogen-bond donors (Lipinski definition) is 0. The maximum absolute atomic E-state index is 12.9. The molecule has 0 saturated carbocycles. The van der Waals surface area contributed by atoms with Crippen molar-refractivity contribution >= 4 is 11.0 Å². The van der Waals surface area contributed by atoms with E-state index in [-0.39, 0.29) is 11.6 Å². The third-order valence-corrected chi connectivity index (χ3v) is 2.67. The van der Waals surface area contributed by atoms with Gasteiger partial charge in [-0.15, -0.1) is 0 Å². The molecule has 0 aliphatic carbocycles. The Balaban J connectivity index is 2.75. The molecule has 0 radical (unpaired) electrons. The van der Waals surface area contributed by atoms with Crippen molar-refractivity contribution in [3.05, 3.63) is 24.0 Å². The summed E-state index contributed by atoms with van der Waals surface area (Å²) >= 11 is 0. The van der Waals surface area contributed by atoms with Crippen LogP contribution in [-0.4, -0.2) is 16.7 Å². The molecule has 3 nitrogen and oxygen atoms in total. The second kappa shape index (κ2) is 4.19. The predicted molar refractivity (Wildman–Crippen MR) is 61.7 cm³/mol. The number of alkyl halides is 3. The minimum atomic E-state index is -4.46. The summed E-state index contributed by atoms with van der Waals surface area (Å²) in [6, 6.07) is 4.41. The van der Waals surface area contributed by atoms with Crippen LogP contribution in [0.4, 0.5) is 13.2 Å². The molecule has 0 unspecified atom stereocenters. The van der Waals surface area contributed by atoms with E-state index in [4.69, 9.17) is 4.74 Å². The van der Waals surface area contributed by atoms with Crippen molar-refractivity contribution in [2.75, 3.05) is 7.11 Å². The highest BCUT2D eigenvalue weighted by Crippen LogP contribution is 2.34. The fourth-order valence-electron chi connectivity index (χ4n) is 1.93. The van der Waals surface area contributed by atoms with Crippen LogP contribution in [0.1, 0.15) is 25.7 Å². The first-order valence-electron chi connectivity index (χ1n) is 5.47. The maximum atomic E-state index is 12.9. The lowest BCUT2D eigenvalue weighted by Crippen LogP contribution is -2.16. The van der Waals surface area contributed by atoms with Gasteiger partial charge in [0, 0.05) is 12.1 Å². The lowest BCUT2D eigenvalue weighted by molar-refractivity contribution is -0.147. The molecule has 0 bridgehead atoms. The number of halogens is 3. The van der Waals surface area contributed by atoms with Crippen LogP contribution >= 0.6 is 0 Å². The Morgan fingerprint density at radius 3 is 2.44 bits per heavy atom. The molecule has 2 aromatic rings. The van der Waals surface area contributed by atoms with E-state index in [1.54, 1.807) is 26.0 Å². The number of methoxy groups -OCH3 is 1. The quantitative estimate of drug-likeness (QED) is 0.822. The third-order valence-electron chi connectivity index (χ3n) is 2.67. The lowest BCUT2D eigenvalue weighted by atomic mass is 10.2. The molecule has 0 atom stereocenters. The van der Waals surface area contributed by atoms with E-state index in [9.17, 15) is 13.2 Å². The molecule has 0 spiro atoms. The van der Waals surface area contributed by atoms with Crippen LogP contribution in [0, 0.1) is 0 Å². The van der Waals surface area contributed by atoms with E-state index in [0.717, 1.165) is 0 Å². The van der Waals surface area contributed by atoms with Crippen LogP contribution in [0.3, 0.4) is 0 Å². The number of hydrogen-bond acceptors (Lipinski definition) is 2. The highest BCUT2D eigenvalue weighted by molar-refractivity contribution is 5.78. The van der Waals surface area contributed by atoms with Crippen molar-refractivity contribution in [3.63, 3.8) is 0 Å². The largest absolute Gasteiger partial charge is 0.497 e. The first kappa shape index (κ1) is 12.7. The Morgan fingerprint density at radius 2 is 1.94 bits per heavy atom. The van der Waals surface area contributed by atoms with Gasteiger partial charge in [-0.1, -0.05) is 0 Å². The molecule has 2 rings (SSSR count). The number of benzene rings is 1. The van der Waals surface area contributed by atoms with E-state index in [1.165, 1.54) is 17.7 Å². The molecule has 6 heteroatoms. The molecule has 98 valence electrons. The molecule has 1 heterocycles. The second-order valence-electron chi connectivity index (χ2n) is 4.25. The summed E-state index contributed by atoms with van der Waals surface area (Å²) in [5.74, 6) is -0.384. The number of imidazole rings is 1. The second-order valence-corrected chi connectivity index (χ2v) is 4.25. The monoisotopic (exact) mass is 258 g/mol. The van der Waals surface area contributed by atoms with Crippen molar-refractivity contribution in [1.82, 2.24) is 9.55 Å². The first-order chi connectivity index (χ1) is 8.34. The molecule has 0 fully saturated rings. The van der Waals surface area contributed by atoms with Gasteiger partial charge in [-0.05, 0) is 26.0 Å². The van der Waals surface area contributed by atoms with Crippen molar-refractivity contribution < 1.29 is 17.9 Å². The fraction of sp³-hybridized carbons (Fsp3) is 0.417. The summed E-state index contributed by atoms with van der Waals surface area (Å²) in [5.41, 5.74) is 0.744. The lowest BCUT2D eigenvalue weighted by Gasteiger charge is -2.14. The van der Waals surface area contributed by atoms with E-state index >= 15 is 0 Å². The van der Waals surface area contributed by atoms with Gasteiger partial charge in [0.05, 0.1) is 18.1 Å². The molecule has 0 aliphatic rings. The SMILES string of the molecule is COc1ccc2c(c1)nc(C(F)(F)F)n2C(C)C. The van der Waals surface area contributed by atoms with Gasteiger partial charge in [-0.2, -0.15) is 13.2 Å². The zero-order valence-corrected chi connectivity index (χ0v) is 10.2. The number of ether oxygens (including phenoxy) is 1. The molecule has 0 N–H and O–H groups in total. The smallest absolute Gasteiger partial charge is 0.449 e. The molecule has 1 aromatic carbocycles. The van der Waals surface area contributed by atoms with Crippen molar-refractivity contribution in [2.45, 2.75) is 26.1 Å². The van der Waals surface area contributed by atoms with E-state index in [2.05, 4.69) is 4.98 Å². The number of aromatic nitrogens is 2. The van der Waals surface area contributed by atoms with Crippen LogP contribution < -0.4 is 4.74 Å². The van der Waals surface area contributed by atoms with Gasteiger partial charge in [0.1, 0.15) is 5.75 Å². The van der Waals surface area contributed by atoms with Crippen molar-refractivity contribution in [1.29, 1.82) is 0 Å². The zero-order chi connectivity index (χ0) is 13.5. The van der Waals surface area contributed by atoms with Crippen LogP contribution in [0.5, 0.6) is 5.75 Å². The number of fused-ring (bicyclic) bond motifs is 1. The highest BCUT2D eigenvalue weighted by Gasteiger charge is 2.38. The summed E-state index contributed by atoms with van der Waals surface area (Å²) in [5, 5.41) is 0. The Labute approximate surface area is 102 Å². The molecular weight excluding hydrogens is 245 g/mol. The summed E-state index contributed by atoms with van der Waals surface area (Å²) in [4.78, 5) is 3.67. The molecule has 0 aliphatic heterocycles. The average Bonchev–Trinajstić information content (AvgIpc) is 2.66. The average molecular weight is 258 g/mol. The summed E-state index contributed by atoms with van der Waals surface area (Å²) in [6.07, 6.45) is -4.46. The summed E-state index contributed by atoms with van der Waals surface area (Å²) in [6.45, 7) is 3.39. The van der Waals surface area contributed by atoms with E-state index < -0.39 is 12.0 Å². The van der Waals surface area contributed by atoms with Gasteiger partial charge >= 0.3 is 6.18 Å². The summed E-state index contributed by atoms with van der Waals surface area (Å²) in [7, 11) is 1.46. The third kappa shape index (κ3) is 2.02. The molecular formula is C12H13F3N2O. The topological polar surface area (TPSA) is 27.1 Å². The van der Waals surface area contributed by atoms with Gasteiger partial charge < -0.3 is 9.30 Å². The summed E-state index contributed by atoms with van der Waals surface area (Å²) < 4.78 is 44.9. The Kier molecular flexibility index (Phi) is 2.96. The Bertz CT molecular complexity index is 572. The van der Waals surface area contributed by atoms with Crippen LogP contribution in [-0.2, 0) is 6.18 Å². The van der Waals surface area contributed by atoms with E-state index in [1.807, 2.05) is 0 Å². The van der Waals surface area contributed by atoms with Gasteiger partial charge in [-0.25, -0.2) is 4.98 Å². The molecule has 0 saturated heterocycles. The number of nitrogens with zero attached hydrogens (tertiary/aromatic N) is 2. The number of rotatable bonds is 2. The van der Waals surface area contributed by atoms with Gasteiger partial charge in [-0.3, -0.25) is 0 Å². The van der Waals surface area contributed by atoms with Crippen LogP contribution in [0.15, 0.2) is 18.2 Å². The molecule has 1 aromatic heterocycles. The minimum Gasteiger partial charge on any atom is -0.497 e. The van der Waals surface area contributed by atoms with Crippen molar-refractivity contribution in [3.8, 4) is 5.75 Å². The maximum Gasteiger partial charge on any atom is 0.449 e. The Morgan fingerprint density at radius 1 is 1.28 bits per heavy atom.